The first-order chi connectivity index (χ1) is 18.3. The van der Waals surface area contributed by atoms with Crippen LogP contribution in [0.3, 0.4) is 0 Å². The van der Waals surface area contributed by atoms with Gasteiger partial charge in [0.15, 0.2) is 17.8 Å². The van der Waals surface area contributed by atoms with Crippen molar-refractivity contribution in [2.24, 2.45) is 10.4 Å². The third kappa shape index (κ3) is 7.32. The van der Waals surface area contributed by atoms with E-state index in [2.05, 4.69) is 40.0 Å². The van der Waals surface area contributed by atoms with Gasteiger partial charge in [0.2, 0.25) is 5.91 Å². The summed E-state index contributed by atoms with van der Waals surface area (Å²) < 4.78 is 11.2. The zero-order valence-electron chi connectivity index (χ0n) is 24.0. The molecule has 0 spiro atoms. The molecule has 1 saturated carbocycles. The molecule has 1 aliphatic carbocycles. The minimum Gasteiger partial charge on any atom is -0.493 e. The average molecular weight is 529 g/mol. The first kappa shape index (κ1) is 28.5. The number of methoxy groups -OCH3 is 2. The van der Waals surface area contributed by atoms with Gasteiger partial charge in [0.25, 0.3) is 0 Å². The molecule has 0 bridgehead atoms. The van der Waals surface area contributed by atoms with Gasteiger partial charge in [-0.1, -0.05) is 27.2 Å². The fourth-order valence-corrected chi connectivity index (χ4v) is 6.04. The predicted octanol–water partition coefficient (Wildman–Crippen LogP) is 3.69. The molecule has 38 heavy (non-hydrogen) atoms. The molecule has 2 fully saturated rings. The van der Waals surface area contributed by atoms with Gasteiger partial charge in [-0.25, -0.2) is 4.99 Å². The van der Waals surface area contributed by atoms with Crippen LogP contribution >= 0.6 is 0 Å². The second kappa shape index (κ2) is 13.0. The number of aliphatic imine (C=N–C) groups is 1. The fourth-order valence-electron chi connectivity index (χ4n) is 6.04. The number of ether oxygens (including phenoxy) is 2. The van der Waals surface area contributed by atoms with Crippen molar-refractivity contribution in [1.82, 2.24) is 20.9 Å². The van der Waals surface area contributed by atoms with E-state index in [0.717, 1.165) is 62.0 Å². The van der Waals surface area contributed by atoms with Crippen molar-refractivity contribution in [1.29, 1.82) is 0 Å². The van der Waals surface area contributed by atoms with E-state index in [1.54, 1.807) is 14.2 Å². The maximum atomic E-state index is 11.5. The van der Waals surface area contributed by atoms with Crippen molar-refractivity contribution < 1.29 is 14.3 Å². The summed E-state index contributed by atoms with van der Waals surface area (Å²) in [4.78, 5) is 19.2. The van der Waals surface area contributed by atoms with Crippen LogP contribution in [0.1, 0.15) is 77.7 Å². The molecule has 1 aromatic carbocycles. The van der Waals surface area contributed by atoms with Crippen LogP contribution in [0.4, 0.5) is 5.69 Å². The van der Waals surface area contributed by atoms with Crippen LogP contribution in [0.5, 0.6) is 11.5 Å². The Labute approximate surface area is 228 Å². The number of likely N-dealkylation sites (tertiary alicyclic amines) is 1. The molecule has 2 atom stereocenters. The van der Waals surface area contributed by atoms with Crippen LogP contribution in [-0.2, 0) is 4.79 Å². The molecule has 9 heteroatoms. The van der Waals surface area contributed by atoms with Gasteiger partial charge in [-0.05, 0) is 50.0 Å². The summed E-state index contributed by atoms with van der Waals surface area (Å²) in [5.74, 6) is 2.34. The molecule has 1 saturated heterocycles. The summed E-state index contributed by atoms with van der Waals surface area (Å²) in [7, 11) is 3.32. The van der Waals surface area contributed by atoms with E-state index < -0.39 is 0 Å². The minimum atomic E-state index is -0.269. The Morgan fingerprint density at radius 1 is 1.13 bits per heavy atom. The summed E-state index contributed by atoms with van der Waals surface area (Å²) >= 11 is 0. The zero-order valence-corrected chi connectivity index (χ0v) is 24.0. The number of amides is 1. The highest BCUT2D eigenvalue weighted by molar-refractivity contribution is 6.05. The predicted molar refractivity (Wildman–Crippen MR) is 153 cm³/mol. The van der Waals surface area contributed by atoms with Crippen LogP contribution in [0.15, 0.2) is 17.1 Å². The van der Waals surface area contributed by atoms with Gasteiger partial charge in [-0.2, -0.15) is 0 Å². The van der Waals surface area contributed by atoms with E-state index in [4.69, 9.17) is 14.5 Å². The molecule has 2 unspecified atom stereocenters. The lowest BCUT2D eigenvalue weighted by atomic mass is 9.74. The third-order valence-corrected chi connectivity index (χ3v) is 8.23. The SMILES string of the molecule is CCC(=O)NCCCNC1N=C(NC2CCN(C3CCCC(C)(C)C3)CC2)c2cc(OC)c(OC)cc2N1. The van der Waals surface area contributed by atoms with Crippen LogP contribution in [0.25, 0.3) is 0 Å². The van der Waals surface area contributed by atoms with E-state index in [0.29, 0.717) is 35.9 Å². The van der Waals surface area contributed by atoms with Gasteiger partial charge in [-0.15, -0.1) is 0 Å². The number of piperidine rings is 1. The molecular weight excluding hydrogens is 480 g/mol. The Morgan fingerprint density at radius 2 is 1.87 bits per heavy atom. The Kier molecular flexibility index (Phi) is 9.76. The van der Waals surface area contributed by atoms with Gasteiger partial charge in [0.05, 0.1) is 19.9 Å². The number of hydrogen-bond acceptors (Lipinski definition) is 8. The molecule has 4 rings (SSSR count). The molecule has 3 aliphatic rings. The smallest absolute Gasteiger partial charge is 0.219 e. The van der Waals surface area contributed by atoms with Gasteiger partial charge in [0, 0.05) is 56.3 Å². The molecule has 2 aliphatic heterocycles. The second-order valence-corrected chi connectivity index (χ2v) is 11.7. The number of carbonyl (C=O) groups is 1. The number of rotatable bonds is 10. The molecule has 1 aromatic rings. The first-order valence-corrected chi connectivity index (χ1v) is 14.4. The van der Waals surface area contributed by atoms with Crippen molar-refractivity contribution in [3.05, 3.63) is 17.7 Å². The summed E-state index contributed by atoms with van der Waals surface area (Å²) in [6.07, 6.45) is 8.65. The molecule has 2 heterocycles. The van der Waals surface area contributed by atoms with Gasteiger partial charge >= 0.3 is 0 Å². The highest BCUT2D eigenvalue weighted by atomic mass is 16.5. The topological polar surface area (TPSA) is 99.2 Å². The fraction of sp³-hybridized carbons (Fsp3) is 0.724. The van der Waals surface area contributed by atoms with Crippen molar-refractivity contribution in [2.45, 2.75) is 90.5 Å². The number of fused-ring (bicyclic) bond motifs is 1. The van der Waals surface area contributed by atoms with Crippen molar-refractivity contribution in [2.75, 3.05) is 45.7 Å². The lowest BCUT2D eigenvalue weighted by Crippen LogP contribution is -2.51. The quantitative estimate of drug-likeness (QED) is 0.344. The molecule has 0 aromatic heterocycles. The summed E-state index contributed by atoms with van der Waals surface area (Å²) in [6.45, 7) is 10.4. The van der Waals surface area contributed by atoms with E-state index >= 15 is 0 Å². The van der Waals surface area contributed by atoms with Crippen molar-refractivity contribution in [3.8, 4) is 11.5 Å². The normalized spacial score (nSPS) is 23.6. The van der Waals surface area contributed by atoms with Crippen LogP contribution < -0.4 is 30.7 Å². The maximum Gasteiger partial charge on any atom is 0.219 e. The van der Waals surface area contributed by atoms with Gasteiger partial charge < -0.3 is 30.3 Å². The highest BCUT2D eigenvalue weighted by Gasteiger charge is 2.34. The monoisotopic (exact) mass is 528 g/mol. The maximum absolute atomic E-state index is 11.5. The van der Waals surface area contributed by atoms with Gasteiger partial charge in [-0.3, -0.25) is 10.1 Å². The molecular formula is C29H48N6O3. The van der Waals surface area contributed by atoms with Gasteiger partial charge in [0.1, 0.15) is 5.84 Å². The van der Waals surface area contributed by atoms with E-state index in [1.165, 1.54) is 25.7 Å². The number of benzene rings is 1. The number of amidine groups is 1. The molecule has 4 N–H and O–H groups in total. The molecule has 9 nitrogen and oxygen atoms in total. The lowest BCUT2D eigenvalue weighted by Gasteiger charge is -2.44. The Hall–Kier alpha value is -2.52. The average Bonchev–Trinajstić information content (AvgIpc) is 2.91. The molecule has 1 amide bonds. The summed E-state index contributed by atoms with van der Waals surface area (Å²) in [5.41, 5.74) is 2.42. The largest absolute Gasteiger partial charge is 0.493 e. The standard InChI is InChI=1S/C29H48N6O3/c1-6-26(36)30-13-8-14-31-28-33-23-18-25(38-5)24(37-4)17-22(23)27(34-28)32-20-10-15-35(16-11-20)21-9-7-12-29(2,3)19-21/h17-18,20-21,28,31,33H,6-16,19H2,1-5H3,(H,30,36)(H,32,34). The van der Waals surface area contributed by atoms with Crippen molar-refractivity contribution >= 4 is 17.4 Å². The summed E-state index contributed by atoms with van der Waals surface area (Å²) in [6, 6.07) is 5.09. The van der Waals surface area contributed by atoms with E-state index in [1.807, 2.05) is 19.1 Å². The number of nitrogens with zero attached hydrogens (tertiary/aromatic N) is 2. The zero-order chi connectivity index (χ0) is 27.1. The number of hydrogen-bond donors (Lipinski definition) is 4. The summed E-state index contributed by atoms with van der Waals surface area (Å²) in [5, 5.41) is 13.7. The first-order valence-electron chi connectivity index (χ1n) is 14.4. The Morgan fingerprint density at radius 3 is 2.55 bits per heavy atom. The lowest BCUT2D eigenvalue weighted by molar-refractivity contribution is -0.120. The van der Waals surface area contributed by atoms with Crippen LogP contribution in [0, 0.1) is 5.41 Å². The molecule has 212 valence electrons. The third-order valence-electron chi connectivity index (χ3n) is 8.23. The minimum absolute atomic E-state index is 0.0820. The van der Waals surface area contributed by atoms with Crippen LogP contribution in [0.2, 0.25) is 0 Å². The number of carbonyl (C=O) groups excluding carboxylic acids is 1. The van der Waals surface area contributed by atoms with E-state index in [9.17, 15) is 4.79 Å². The number of anilines is 1. The van der Waals surface area contributed by atoms with E-state index in [-0.39, 0.29) is 12.2 Å². The Balaban J connectivity index is 1.40. The number of nitrogens with one attached hydrogen (secondary N) is 4. The highest BCUT2D eigenvalue weighted by Crippen LogP contribution is 2.38. The second-order valence-electron chi connectivity index (χ2n) is 11.7. The van der Waals surface area contributed by atoms with Crippen LogP contribution in [-0.4, -0.2) is 75.4 Å². The molecule has 0 radical (unpaired) electrons. The Bertz CT molecular complexity index is 973. The van der Waals surface area contributed by atoms with Crippen molar-refractivity contribution in [3.63, 3.8) is 0 Å².